The number of carbonyl (C=O) groups excluding carboxylic acids is 1. The molecule has 0 heterocycles. The van der Waals surface area contributed by atoms with Crippen molar-refractivity contribution in [3.05, 3.63) is 34.4 Å². The standard InChI is InChI=1S/C10H5ClF3NO/c1-5-2-7(10(12,13)14)3-6(4-15)8(5)9(11)16/h2-3H,1H3. The number of rotatable bonds is 1. The maximum atomic E-state index is 12.4. The second kappa shape index (κ2) is 4.14. The van der Waals surface area contributed by atoms with Gasteiger partial charge in [-0.3, -0.25) is 4.79 Å². The minimum Gasteiger partial charge on any atom is -0.276 e. The van der Waals surface area contributed by atoms with Gasteiger partial charge in [0.15, 0.2) is 0 Å². The minimum absolute atomic E-state index is 0.0337. The first kappa shape index (κ1) is 12.5. The zero-order valence-electron chi connectivity index (χ0n) is 8.02. The molecule has 0 saturated heterocycles. The lowest BCUT2D eigenvalue weighted by Gasteiger charge is -2.10. The highest BCUT2D eigenvalue weighted by Gasteiger charge is 2.32. The van der Waals surface area contributed by atoms with Crippen molar-refractivity contribution in [1.82, 2.24) is 0 Å². The predicted molar refractivity (Wildman–Crippen MR) is 51.1 cm³/mol. The average Bonchev–Trinajstić information content (AvgIpc) is 2.14. The maximum Gasteiger partial charge on any atom is 0.416 e. The first-order valence-corrected chi connectivity index (χ1v) is 4.47. The number of halogens is 4. The third-order valence-electron chi connectivity index (χ3n) is 1.98. The van der Waals surface area contributed by atoms with E-state index in [1.807, 2.05) is 0 Å². The van der Waals surface area contributed by atoms with E-state index < -0.39 is 17.0 Å². The summed E-state index contributed by atoms with van der Waals surface area (Å²) in [6.07, 6.45) is -4.55. The lowest BCUT2D eigenvalue weighted by Crippen LogP contribution is -2.08. The molecule has 0 saturated carbocycles. The second-order valence-corrected chi connectivity index (χ2v) is 3.44. The Labute approximate surface area is 94.2 Å². The molecule has 0 aromatic heterocycles. The van der Waals surface area contributed by atoms with Gasteiger partial charge in [-0.15, -0.1) is 0 Å². The Kier molecular flexibility index (Phi) is 3.24. The molecule has 0 aliphatic heterocycles. The SMILES string of the molecule is Cc1cc(C(F)(F)F)cc(C#N)c1C(=O)Cl. The third-order valence-corrected chi connectivity index (χ3v) is 2.17. The molecule has 2 nitrogen and oxygen atoms in total. The lowest BCUT2D eigenvalue weighted by atomic mass is 9.99. The van der Waals surface area contributed by atoms with Crippen LogP contribution in [0.4, 0.5) is 13.2 Å². The van der Waals surface area contributed by atoms with E-state index in [1.165, 1.54) is 13.0 Å². The van der Waals surface area contributed by atoms with Gasteiger partial charge in [-0.1, -0.05) is 0 Å². The van der Waals surface area contributed by atoms with Crippen molar-refractivity contribution >= 4 is 16.8 Å². The number of benzene rings is 1. The lowest BCUT2D eigenvalue weighted by molar-refractivity contribution is -0.137. The monoisotopic (exact) mass is 247 g/mol. The number of alkyl halides is 3. The van der Waals surface area contributed by atoms with Gasteiger partial charge in [-0.05, 0) is 36.2 Å². The molecule has 0 N–H and O–H groups in total. The topological polar surface area (TPSA) is 40.9 Å². The first-order valence-electron chi connectivity index (χ1n) is 4.09. The van der Waals surface area contributed by atoms with Crippen molar-refractivity contribution in [2.75, 3.05) is 0 Å². The molecule has 0 amide bonds. The fourth-order valence-electron chi connectivity index (χ4n) is 1.30. The Hall–Kier alpha value is -1.54. The number of aryl methyl sites for hydroxylation is 1. The molecule has 0 fully saturated rings. The highest BCUT2D eigenvalue weighted by Crippen LogP contribution is 2.32. The van der Waals surface area contributed by atoms with E-state index in [-0.39, 0.29) is 16.7 Å². The van der Waals surface area contributed by atoms with E-state index in [0.29, 0.717) is 6.07 Å². The molecule has 0 aliphatic carbocycles. The van der Waals surface area contributed by atoms with Crippen molar-refractivity contribution in [2.45, 2.75) is 13.1 Å². The van der Waals surface area contributed by atoms with Crippen LogP contribution in [0.25, 0.3) is 0 Å². The number of carbonyl (C=O) groups is 1. The summed E-state index contributed by atoms with van der Waals surface area (Å²) in [6.45, 7) is 1.30. The maximum absolute atomic E-state index is 12.4. The van der Waals surface area contributed by atoms with E-state index in [4.69, 9.17) is 16.9 Å². The first-order chi connectivity index (χ1) is 7.27. The fraction of sp³-hybridized carbons (Fsp3) is 0.200. The van der Waals surface area contributed by atoms with Crippen LogP contribution < -0.4 is 0 Å². The van der Waals surface area contributed by atoms with Gasteiger partial charge >= 0.3 is 6.18 Å². The summed E-state index contributed by atoms with van der Waals surface area (Å²) in [7, 11) is 0. The highest BCUT2D eigenvalue weighted by atomic mass is 35.5. The summed E-state index contributed by atoms with van der Waals surface area (Å²) in [5.74, 6) is 0. The van der Waals surface area contributed by atoms with Gasteiger partial charge in [0.2, 0.25) is 0 Å². The number of hydrogen-bond acceptors (Lipinski definition) is 2. The van der Waals surface area contributed by atoms with Gasteiger partial charge in [0, 0.05) is 0 Å². The normalized spacial score (nSPS) is 11.0. The Morgan fingerprint density at radius 2 is 2.00 bits per heavy atom. The molecular weight excluding hydrogens is 243 g/mol. The molecule has 1 aromatic rings. The zero-order chi connectivity index (χ0) is 12.5. The van der Waals surface area contributed by atoms with Crippen LogP contribution in [0.3, 0.4) is 0 Å². The van der Waals surface area contributed by atoms with Crippen LogP contribution in [0, 0.1) is 18.3 Å². The molecule has 1 rings (SSSR count). The number of hydrogen-bond donors (Lipinski definition) is 0. The zero-order valence-corrected chi connectivity index (χ0v) is 8.78. The Balaban J connectivity index is 3.52. The molecule has 84 valence electrons. The summed E-state index contributed by atoms with van der Waals surface area (Å²) >= 11 is 5.19. The third kappa shape index (κ3) is 2.34. The van der Waals surface area contributed by atoms with Gasteiger partial charge in [-0.25, -0.2) is 0 Å². The van der Waals surface area contributed by atoms with Gasteiger partial charge < -0.3 is 0 Å². The van der Waals surface area contributed by atoms with Crippen LogP contribution in [0.15, 0.2) is 12.1 Å². The van der Waals surface area contributed by atoms with E-state index in [0.717, 1.165) is 6.07 Å². The van der Waals surface area contributed by atoms with Gasteiger partial charge in [0.25, 0.3) is 5.24 Å². The molecule has 0 aliphatic rings. The van der Waals surface area contributed by atoms with Crippen molar-refractivity contribution in [3.8, 4) is 6.07 Å². The number of nitriles is 1. The van der Waals surface area contributed by atoms with Crippen molar-refractivity contribution < 1.29 is 18.0 Å². The van der Waals surface area contributed by atoms with Crippen LogP contribution in [0.1, 0.15) is 27.0 Å². The van der Waals surface area contributed by atoms with E-state index in [1.54, 1.807) is 0 Å². The van der Waals surface area contributed by atoms with Crippen molar-refractivity contribution in [2.24, 2.45) is 0 Å². The minimum atomic E-state index is -4.55. The Bertz CT molecular complexity index is 488. The van der Waals surface area contributed by atoms with Crippen molar-refractivity contribution in [1.29, 1.82) is 5.26 Å². The smallest absolute Gasteiger partial charge is 0.276 e. The highest BCUT2D eigenvalue weighted by molar-refractivity contribution is 6.68. The van der Waals surface area contributed by atoms with Crippen LogP contribution in [-0.2, 0) is 6.18 Å². The van der Waals surface area contributed by atoms with Crippen LogP contribution in [0.5, 0.6) is 0 Å². The average molecular weight is 248 g/mol. The van der Waals surface area contributed by atoms with Crippen LogP contribution >= 0.6 is 11.6 Å². The summed E-state index contributed by atoms with van der Waals surface area (Å²) < 4.78 is 37.2. The van der Waals surface area contributed by atoms with Crippen LogP contribution in [0.2, 0.25) is 0 Å². The molecule has 0 spiro atoms. The van der Waals surface area contributed by atoms with Gasteiger partial charge in [-0.2, -0.15) is 18.4 Å². The quantitative estimate of drug-likeness (QED) is 0.715. The summed E-state index contributed by atoms with van der Waals surface area (Å²) in [4.78, 5) is 10.9. The van der Waals surface area contributed by atoms with Gasteiger partial charge in [0.1, 0.15) is 0 Å². The largest absolute Gasteiger partial charge is 0.416 e. The Morgan fingerprint density at radius 1 is 1.44 bits per heavy atom. The number of nitrogens with zero attached hydrogens (tertiary/aromatic N) is 1. The molecule has 0 bridgehead atoms. The summed E-state index contributed by atoms with van der Waals surface area (Å²) in [5, 5.41) is 7.71. The Morgan fingerprint density at radius 3 is 2.38 bits per heavy atom. The molecule has 0 atom stereocenters. The molecule has 0 radical (unpaired) electrons. The second-order valence-electron chi connectivity index (χ2n) is 3.10. The van der Waals surface area contributed by atoms with Crippen molar-refractivity contribution in [3.63, 3.8) is 0 Å². The molecule has 0 unspecified atom stereocenters. The fourth-order valence-corrected chi connectivity index (χ4v) is 1.55. The summed E-state index contributed by atoms with van der Waals surface area (Å²) in [5.41, 5.74) is -1.49. The molecular formula is C10H5ClF3NO. The van der Waals surface area contributed by atoms with E-state index in [2.05, 4.69) is 0 Å². The van der Waals surface area contributed by atoms with E-state index >= 15 is 0 Å². The molecule has 6 heteroatoms. The van der Waals surface area contributed by atoms with Gasteiger partial charge in [0.05, 0.1) is 22.8 Å². The van der Waals surface area contributed by atoms with Crippen LogP contribution in [-0.4, -0.2) is 5.24 Å². The predicted octanol–water partition coefficient (Wildman–Crippen LogP) is 3.26. The van der Waals surface area contributed by atoms with E-state index in [9.17, 15) is 18.0 Å². The molecule has 16 heavy (non-hydrogen) atoms. The summed E-state index contributed by atoms with van der Waals surface area (Å²) in [6, 6.07) is 2.93. The molecule has 1 aromatic carbocycles.